The predicted octanol–water partition coefficient (Wildman–Crippen LogP) is 3.76. The van der Waals surface area contributed by atoms with Crippen molar-refractivity contribution in [1.29, 1.82) is 0 Å². The lowest BCUT2D eigenvalue weighted by Crippen LogP contribution is -2.15. The fourth-order valence-electron chi connectivity index (χ4n) is 2.00. The van der Waals surface area contributed by atoms with E-state index in [2.05, 4.69) is 24.3 Å². The first-order valence-corrected chi connectivity index (χ1v) is 8.13. The highest BCUT2D eigenvalue weighted by atomic mass is 32.2. The number of carbonyl (C=O) groups excluding carboxylic acids is 1. The molecule has 2 rings (SSSR count). The van der Waals surface area contributed by atoms with E-state index in [0.717, 1.165) is 17.3 Å². The Balaban J connectivity index is 1.74. The first-order valence-electron chi connectivity index (χ1n) is 6.98. The van der Waals surface area contributed by atoms with Crippen LogP contribution in [0.3, 0.4) is 0 Å². The molecule has 0 radical (unpaired) electrons. The van der Waals surface area contributed by atoms with Crippen molar-refractivity contribution in [3.63, 3.8) is 0 Å². The molecule has 3 nitrogen and oxygen atoms in total. The van der Waals surface area contributed by atoms with Crippen LogP contribution in [0.25, 0.3) is 10.8 Å². The molecule has 112 valence electrons. The third-order valence-corrected chi connectivity index (χ3v) is 4.38. The predicted molar refractivity (Wildman–Crippen MR) is 87.9 cm³/mol. The summed E-state index contributed by atoms with van der Waals surface area (Å²) in [6, 6.07) is 14.3. The second-order valence-corrected chi connectivity index (χ2v) is 6.01. The van der Waals surface area contributed by atoms with Crippen LogP contribution in [-0.2, 0) is 9.53 Å². The van der Waals surface area contributed by atoms with Gasteiger partial charge in [0.1, 0.15) is 5.75 Å². The van der Waals surface area contributed by atoms with Crippen molar-refractivity contribution in [1.82, 2.24) is 0 Å². The smallest absolute Gasteiger partial charge is 0.309 e. The van der Waals surface area contributed by atoms with Gasteiger partial charge in [-0.3, -0.25) is 4.79 Å². The molecule has 0 heterocycles. The van der Waals surface area contributed by atoms with E-state index in [-0.39, 0.29) is 11.9 Å². The van der Waals surface area contributed by atoms with Gasteiger partial charge in [0.25, 0.3) is 0 Å². The molecule has 0 saturated heterocycles. The van der Waals surface area contributed by atoms with Gasteiger partial charge >= 0.3 is 5.97 Å². The summed E-state index contributed by atoms with van der Waals surface area (Å²) in [5.74, 6) is 2.27. The normalized spacial score (nSPS) is 12.1. The molecular formula is C17H20O3S. The van der Waals surface area contributed by atoms with E-state index in [1.165, 1.54) is 17.9 Å². The van der Waals surface area contributed by atoms with Crippen molar-refractivity contribution in [2.24, 2.45) is 5.92 Å². The summed E-state index contributed by atoms with van der Waals surface area (Å²) >= 11 is 1.70. The first-order chi connectivity index (χ1) is 10.2. The van der Waals surface area contributed by atoms with E-state index in [4.69, 9.17) is 9.47 Å². The molecule has 0 aliphatic carbocycles. The van der Waals surface area contributed by atoms with Crippen molar-refractivity contribution >= 4 is 28.5 Å². The molecule has 0 bridgehead atoms. The summed E-state index contributed by atoms with van der Waals surface area (Å²) in [5.41, 5.74) is 0. The van der Waals surface area contributed by atoms with Crippen LogP contribution in [-0.4, -0.2) is 31.2 Å². The third kappa shape index (κ3) is 4.67. The number of rotatable bonds is 7. The number of hydrogen-bond donors (Lipinski definition) is 0. The van der Waals surface area contributed by atoms with Gasteiger partial charge in [-0.05, 0) is 22.9 Å². The molecule has 4 heteroatoms. The van der Waals surface area contributed by atoms with E-state index < -0.39 is 0 Å². The van der Waals surface area contributed by atoms with Crippen LogP contribution in [0.1, 0.15) is 6.92 Å². The zero-order valence-corrected chi connectivity index (χ0v) is 13.2. The Labute approximate surface area is 129 Å². The van der Waals surface area contributed by atoms with Gasteiger partial charge in [-0.25, -0.2) is 0 Å². The first kappa shape index (κ1) is 15.7. The molecule has 1 unspecified atom stereocenters. The van der Waals surface area contributed by atoms with Crippen LogP contribution in [0, 0.1) is 5.92 Å². The largest absolute Gasteiger partial charge is 0.493 e. The molecule has 0 aromatic heterocycles. The van der Waals surface area contributed by atoms with Crippen molar-refractivity contribution in [2.45, 2.75) is 6.92 Å². The van der Waals surface area contributed by atoms with Gasteiger partial charge in [-0.2, -0.15) is 11.8 Å². The molecule has 0 spiro atoms. The molecule has 0 saturated carbocycles. The maximum Gasteiger partial charge on any atom is 0.309 e. The van der Waals surface area contributed by atoms with Gasteiger partial charge in [-0.1, -0.05) is 37.3 Å². The molecule has 2 aromatic carbocycles. The molecule has 21 heavy (non-hydrogen) atoms. The van der Waals surface area contributed by atoms with Crippen LogP contribution < -0.4 is 4.74 Å². The Morgan fingerprint density at radius 2 is 1.95 bits per heavy atom. The van der Waals surface area contributed by atoms with Crippen molar-refractivity contribution in [3.8, 4) is 5.75 Å². The van der Waals surface area contributed by atoms with E-state index in [9.17, 15) is 4.79 Å². The lowest BCUT2D eigenvalue weighted by molar-refractivity contribution is -0.143. The van der Waals surface area contributed by atoms with Crippen LogP contribution in [0.5, 0.6) is 5.75 Å². The second-order valence-electron chi connectivity index (χ2n) is 4.86. The maximum absolute atomic E-state index is 11.3. The summed E-state index contributed by atoms with van der Waals surface area (Å²) in [7, 11) is 1.42. The van der Waals surface area contributed by atoms with Crippen LogP contribution in [0.4, 0.5) is 0 Å². The number of hydrogen-bond acceptors (Lipinski definition) is 4. The monoisotopic (exact) mass is 304 g/mol. The minimum atomic E-state index is -0.155. The molecule has 0 amide bonds. The SMILES string of the molecule is COC(=O)C(C)CSCCOc1ccc2ccccc2c1. The number of ether oxygens (including phenoxy) is 2. The zero-order chi connectivity index (χ0) is 15.1. The highest BCUT2D eigenvalue weighted by Gasteiger charge is 2.12. The van der Waals surface area contributed by atoms with Gasteiger partial charge < -0.3 is 9.47 Å². The fourth-order valence-corrected chi connectivity index (χ4v) is 2.86. The quantitative estimate of drug-likeness (QED) is 0.576. The number of fused-ring (bicyclic) bond motifs is 1. The van der Waals surface area contributed by atoms with Gasteiger partial charge in [-0.15, -0.1) is 0 Å². The van der Waals surface area contributed by atoms with Crippen LogP contribution >= 0.6 is 11.8 Å². The molecule has 0 aliphatic heterocycles. The number of methoxy groups -OCH3 is 1. The summed E-state index contributed by atoms with van der Waals surface area (Å²) < 4.78 is 10.4. The van der Waals surface area contributed by atoms with Gasteiger partial charge in [0, 0.05) is 11.5 Å². The highest BCUT2D eigenvalue weighted by Crippen LogP contribution is 2.20. The van der Waals surface area contributed by atoms with Crippen molar-refractivity contribution < 1.29 is 14.3 Å². The van der Waals surface area contributed by atoms with Gasteiger partial charge in [0.15, 0.2) is 0 Å². The minimum Gasteiger partial charge on any atom is -0.493 e. The van der Waals surface area contributed by atoms with E-state index in [1.54, 1.807) is 11.8 Å². The molecule has 0 N–H and O–H groups in total. The Kier molecular flexibility index (Phi) is 5.93. The topological polar surface area (TPSA) is 35.5 Å². The van der Waals surface area contributed by atoms with Crippen molar-refractivity contribution in [2.75, 3.05) is 25.2 Å². The third-order valence-electron chi connectivity index (χ3n) is 3.19. The van der Waals surface area contributed by atoms with E-state index in [1.807, 2.05) is 25.1 Å². The summed E-state index contributed by atoms with van der Waals surface area (Å²) in [4.78, 5) is 11.3. The maximum atomic E-state index is 11.3. The van der Waals surface area contributed by atoms with Crippen molar-refractivity contribution in [3.05, 3.63) is 42.5 Å². The van der Waals surface area contributed by atoms with E-state index in [0.29, 0.717) is 6.61 Å². The second kappa shape index (κ2) is 7.93. The van der Waals surface area contributed by atoms with Crippen LogP contribution in [0.15, 0.2) is 42.5 Å². The standard InChI is InChI=1S/C17H20O3S/c1-13(17(18)19-2)12-21-10-9-20-16-8-7-14-5-3-4-6-15(14)11-16/h3-8,11,13H,9-10,12H2,1-2H3. The Bertz CT molecular complexity index is 597. The zero-order valence-electron chi connectivity index (χ0n) is 12.4. The minimum absolute atomic E-state index is 0.0688. The summed E-state index contributed by atoms with van der Waals surface area (Å²) in [6.07, 6.45) is 0. The highest BCUT2D eigenvalue weighted by molar-refractivity contribution is 7.99. The Hall–Kier alpha value is -1.68. The number of esters is 1. The summed E-state index contributed by atoms with van der Waals surface area (Å²) in [6.45, 7) is 2.51. The van der Waals surface area contributed by atoms with Crippen LogP contribution in [0.2, 0.25) is 0 Å². The number of thioether (sulfide) groups is 1. The molecule has 1 atom stereocenters. The molecule has 0 aliphatic rings. The molecule has 2 aromatic rings. The lowest BCUT2D eigenvalue weighted by Gasteiger charge is -2.10. The fraction of sp³-hybridized carbons (Fsp3) is 0.353. The average molecular weight is 304 g/mol. The Morgan fingerprint density at radius 1 is 1.19 bits per heavy atom. The number of benzene rings is 2. The molecule has 0 fully saturated rings. The molecular weight excluding hydrogens is 284 g/mol. The average Bonchev–Trinajstić information content (AvgIpc) is 2.53. The number of carbonyl (C=O) groups is 1. The summed E-state index contributed by atoms with van der Waals surface area (Å²) in [5, 5.41) is 2.40. The Morgan fingerprint density at radius 3 is 2.71 bits per heavy atom. The lowest BCUT2D eigenvalue weighted by atomic mass is 10.1. The van der Waals surface area contributed by atoms with E-state index >= 15 is 0 Å². The van der Waals surface area contributed by atoms with Gasteiger partial charge in [0.05, 0.1) is 19.6 Å². The van der Waals surface area contributed by atoms with Gasteiger partial charge in [0.2, 0.25) is 0 Å².